The molecule has 1 aliphatic carbocycles. The van der Waals surface area contributed by atoms with Crippen LogP contribution in [0.1, 0.15) is 97.0 Å². The van der Waals surface area contributed by atoms with Crippen LogP contribution in [0.4, 0.5) is 8.78 Å². The number of H-pyrrole nitrogens is 1. The SMILES string of the molecule is C[C@H]1c2c(nn(-c3ccc(F)c(Cl)c3)c2-n2ccn(-c3ccc4c(cnn4C)c3F)c2=O)CCN1C(=O)c1cn2cc([C@@H]3CCOC(C)(C)C3)ccc2c1C1(c2noc(=O)[nH]2)CC1. The number of amides is 1. The standard InChI is InChI=1S/C45H41ClF2N10O5/c1-24-36-32(51-58(27-6-7-31(47)30(46)19-27)39(36)57-17-16-56(43(57)61)35-10-9-33-28(38(35)48)21-49-53(33)4)11-15-55(24)40(59)29-23-54-22-26(25-12-18-62-44(2,3)20-25)5-8-34(54)37(29)45(13-14-45)41-50-42(60)63-52-41/h5-10,16-17,19,21-25H,11-15,18,20H2,1-4H3,(H,50,52,60)/t24-,25+/m0/s1. The number of imidazole rings is 1. The van der Waals surface area contributed by atoms with Crippen molar-refractivity contribution in [2.24, 2.45) is 7.05 Å². The molecule has 0 radical (unpaired) electrons. The fourth-order valence-electron chi connectivity index (χ4n) is 9.99. The van der Waals surface area contributed by atoms with Crippen molar-refractivity contribution in [2.75, 3.05) is 13.2 Å². The number of nitrogens with zero attached hydrogens (tertiary/aromatic N) is 9. The van der Waals surface area contributed by atoms with E-state index in [-0.39, 0.29) is 45.9 Å². The van der Waals surface area contributed by atoms with E-state index in [2.05, 4.69) is 41.4 Å². The van der Waals surface area contributed by atoms with Gasteiger partial charge in [0.15, 0.2) is 11.6 Å². The van der Waals surface area contributed by atoms with Gasteiger partial charge in [-0.1, -0.05) is 22.8 Å². The molecule has 1 saturated carbocycles. The van der Waals surface area contributed by atoms with Crippen LogP contribution in [0.5, 0.6) is 0 Å². The van der Waals surface area contributed by atoms with Gasteiger partial charge in [0.25, 0.3) is 5.91 Å². The highest BCUT2D eigenvalue weighted by Gasteiger charge is 2.53. The Kier molecular flexibility index (Phi) is 8.70. The number of hydrogen-bond acceptors (Lipinski definition) is 8. The minimum Gasteiger partial charge on any atom is -0.376 e. The van der Waals surface area contributed by atoms with Gasteiger partial charge in [-0.25, -0.2) is 23.1 Å². The van der Waals surface area contributed by atoms with E-state index < -0.39 is 34.5 Å². The maximum Gasteiger partial charge on any atom is 0.438 e. The summed E-state index contributed by atoms with van der Waals surface area (Å²) >= 11 is 6.31. The number of halogens is 3. The van der Waals surface area contributed by atoms with Gasteiger partial charge in [0.05, 0.1) is 67.3 Å². The molecule has 2 aromatic carbocycles. The average molecular weight is 875 g/mol. The first-order valence-corrected chi connectivity index (χ1v) is 21.3. The lowest BCUT2D eigenvalue weighted by atomic mass is 9.84. The molecule has 2 atom stereocenters. The molecule has 0 bridgehead atoms. The highest BCUT2D eigenvalue weighted by Crippen LogP contribution is 2.55. The summed E-state index contributed by atoms with van der Waals surface area (Å²) < 4.78 is 49.3. The van der Waals surface area contributed by atoms with Crippen LogP contribution < -0.4 is 11.4 Å². The Morgan fingerprint density at radius 1 is 1.02 bits per heavy atom. The molecule has 6 aromatic heterocycles. The Morgan fingerprint density at radius 3 is 2.56 bits per heavy atom. The maximum absolute atomic E-state index is 16.1. The Morgan fingerprint density at radius 2 is 1.81 bits per heavy atom. The van der Waals surface area contributed by atoms with Crippen LogP contribution in [-0.2, 0) is 23.6 Å². The summed E-state index contributed by atoms with van der Waals surface area (Å²) in [6.45, 7) is 7.00. The molecular formula is C45H41ClF2N10O5. The van der Waals surface area contributed by atoms with Crippen LogP contribution in [0.3, 0.4) is 0 Å². The van der Waals surface area contributed by atoms with Gasteiger partial charge in [-0.15, -0.1) is 0 Å². The molecule has 8 aromatic rings. The van der Waals surface area contributed by atoms with Gasteiger partial charge >= 0.3 is 11.4 Å². The van der Waals surface area contributed by atoms with Crippen molar-refractivity contribution < 1.29 is 22.8 Å². The lowest BCUT2D eigenvalue weighted by molar-refractivity contribution is -0.0593. The van der Waals surface area contributed by atoms with Crippen LogP contribution >= 0.6 is 11.6 Å². The first-order chi connectivity index (χ1) is 30.2. The Labute approximate surface area is 362 Å². The van der Waals surface area contributed by atoms with Crippen molar-refractivity contribution in [1.82, 2.24) is 48.1 Å². The molecular weight excluding hydrogens is 834 g/mol. The van der Waals surface area contributed by atoms with Crippen LogP contribution in [0.15, 0.2) is 87.6 Å². The molecule has 15 nitrogen and oxygen atoms in total. The monoisotopic (exact) mass is 874 g/mol. The molecule has 0 spiro atoms. The van der Waals surface area contributed by atoms with Crippen LogP contribution in [-0.4, -0.2) is 72.8 Å². The van der Waals surface area contributed by atoms with Crippen molar-refractivity contribution in [2.45, 2.75) is 75.9 Å². The molecule has 63 heavy (non-hydrogen) atoms. The number of carbonyl (C=O) groups excluding carboxylic acids is 1. The van der Waals surface area contributed by atoms with Gasteiger partial charge in [-0.3, -0.25) is 28.1 Å². The van der Waals surface area contributed by atoms with Gasteiger partial charge in [0.1, 0.15) is 11.6 Å². The summed E-state index contributed by atoms with van der Waals surface area (Å²) in [5, 5.41) is 13.4. The summed E-state index contributed by atoms with van der Waals surface area (Å²) in [5.74, 6) is -1.28. The lowest BCUT2D eigenvalue weighted by Crippen LogP contribution is -2.40. The molecule has 1 saturated heterocycles. The summed E-state index contributed by atoms with van der Waals surface area (Å²) in [4.78, 5) is 46.8. The fraction of sp³-hybridized carbons (Fsp3) is 0.333. The van der Waals surface area contributed by atoms with Crippen LogP contribution in [0.2, 0.25) is 5.02 Å². The largest absolute Gasteiger partial charge is 0.438 e. The average Bonchev–Trinajstić information content (AvgIpc) is 3.72. The molecule has 18 heteroatoms. The van der Waals surface area contributed by atoms with Crippen molar-refractivity contribution in [3.05, 3.63) is 145 Å². The topological polar surface area (TPSA) is 155 Å². The third-order valence-corrected chi connectivity index (χ3v) is 13.6. The van der Waals surface area contributed by atoms with Crippen LogP contribution in [0.25, 0.3) is 33.6 Å². The van der Waals surface area contributed by atoms with Crippen molar-refractivity contribution in [3.8, 4) is 17.2 Å². The Hall–Kier alpha value is -6.59. The van der Waals surface area contributed by atoms with Gasteiger partial charge in [0, 0.05) is 62.5 Å². The summed E-state index contributed by atoms with van der Waals surface area (Å²) in [7, 11) is 1.71. The summed E-state index contributed by atoms with van der Waals surface area (Å²) in [6, 6.07) is 10.9. The number of hydrogen-bond donors (Lipinski definition) is 1. The predicted octanol–water partition coefficient (Wildman–Crippen LogP) is 7.07. The zero-order valence-electron chi connectivity index (χ0n) is 34.7. The Bertz CT molecular complexity index is 3310. The highest BCUT2D eigenvalue weighted by atomic mass is 35.5. The zero-order valence-corrected chi connectivity index (χ0v) is 35.5. The predicted molar refractivity (Wildman–Crippen MR) is 227 cm³/mol. The van der Waals surface area contributed by atoms with Gasteiger partial charge in [-0.2, -0.15) is 10.2 Å². The molecule has 1 N–H and O–H groups in total. The van der Waals surface area contributed by atoms with E-state index in [4.69, 9.17) is 26.0 Å². The van der Waals surface area contributed by atoms with Gasteiger partial charge in [0.2, 0.25) is 0 Å². The smallest absolute Gasteiger partial charge is 0.376 e. The number of ether oxygens (including phenoxy) is 1. The lowest BCUT2D eigenvalue weighted by Gasteiger charge is -2.35. The number of nitrogens with one attached hydrogen (secondary N) is 1. The number of carbonyl (C=O) groups is 1. The third-order valence-electron chi connectivity index (χ3n) is 13.3. The first kappa shape index (κ1) is 39.3. The molecule has 2 aliphatic heterocycles. The number of benzene rings is 2. The van der Waals surface area contributed by atoms with Gasteiger partial charge in [-0.05, 0) is 94.3 Å². The highest BCUT2D eigenvalue weighted by molar-refractivity contribution is 6.30. The molecule has 0 unspecified atom stereocenters. The molecule has 322 valence electrons. The van der Waals surface area contributed by atoms with Crippen molar-refractivity contribution in [3.63, 3.8) is 0 Å². The molecule has 2 fully saturated rings. The normalized spacial score (nSPS) is 19.3. The van der Waals surface area contributed by atoms with E-state index in [1.54, 1.807) is 22.7 Å². The number of aromatic amines is 1. The van der Waals surface area contributed by atoms with Crippen molar-refractivity contribution >= 4 is 33.9 Å². The molecule has 3 aliphatic rings. The second-order valence-corrected chi connectivity index (χ2v) is 17.9. The van der Waals surface area contributed by atoms with Gasteiger partial charge < -0.3 is 14.0 Å². The first-order valence-electron chi connectivity index (χ1n) is 20.9. The van der Waals surface area contributed by atoms with E-state index in [1.165, 1.54) is 56.7 Å². The number of aryl methyl sites for hydroxylation is 1. The van der Waals surface area contributed by atoms with E-state index in [9.17, 15) is 14.0 Å². The van der Waals surface area contributed by atoms with E-state index in [0.29, 0.717) is 59.7 Å². The second kappa shape index (κ2) is 14.0. The quantitative estimate of drug-likeness (QED) is 0.178. The minimum absolute atomic E-state index is 0.0216. The number of pyridine rings is 1. The second-order valence-electron chi connectivity index (χ2n) is 17.5. The third kappa shape index (κ3) is 6.07. The summed E-state index contributed by atoms with van der Waals surface area (Å²) in [5.41, 5.74) is 3.65. The fourth-order valence-corrected chi connectivity index (χ4v) is 10.2. The maximum atomic E-state index is 16.1. The molecule has 11 rings (SSSR count). The molecule has 8 heterocycles. The van der Waals surface area contributed by atoms with E-state index >= 15 is 9.18 Å². The van der Waals surface area contributed by atoms with E-state index in [0.717, 1.165) is 29.5 Å². The van der Waals surface area contributed by atoms with E-state index in [1.807, 2.05) is 23.6 Å². The Balaban J connectivity index is 1.04. The van der Waals surface area contributed by atoms with Crippen LogP contribution in [0, 0.1) is 11.6 Å². The molecule has 1 amide bonds. The zero-order chi connectivity index (χ0) is 43.7. The number of aromatic nitrogens is 9. The minimum atomic E-state index is -0.763. The number of rotatable bonds is 7. The van der Waals surface area contributed by atoms with Crippen molar-refractivity contribution in [1.29, 1.82) is 0 Å². The summed E-state index contributed by atoms with van der Waals surface area (Å²) in [6.07, 6.45) is 11.7. The number of fused-ring (bicyclic) bond motifs is 3.